The Kier molecular flexibility index (Phi) is 3.45. The molecule has 1 rings (SSSR count). The van der Waals surface area contributed by atoms with Gasteiger partial charge in [-0.25, -0.2) is 13.6 Å². The number of hydrogen-bond acceptors (Lipinski definition) is 4. The van der Waals surface area contributed by atoms with Crippen molar-refractivity contribution in [1.82, 2.24) is 15.2 Å². The van der Waals surface area contributed by atoms with Crippen LogP contribution >= 0.6 is 0 Å². The van der Waals surface area contributed by atoms with Gasteiger partial charge in [0.1, 0.15) is 0 Å². The fourth-order valence-electron chi connectivity index (χ4n) is 0.801. The van der Waals surface area contributed by atoms with Gasteiger partial charge in [-0.1, -0.05) is 0 Å². The van der Waals surface area contributed by atoms with Crippen molar-refractivity contribution >= 4 is 5.97 Å². The molecular weight excluding hydrogens is 234 g/mol. The number of hydrogen-bond donors (Lipinski definition) is 1. The number of carbonyl (C=O) groups is 1. The van der Waals surface area contributed by atoms with Crippen LogP contribution in [-0.2, 0) is 10.7 Å². The van der Waals surface area contributed by atoms with Crippen LogP contribution in [0.25, 0.3) is 0 Å². The minimum Gasteiger partial charge on any atom is -0.460 e. The molecule has 0 aromatic carbocycles. The lowest BCUT2D eigenvalue weighted by Gasteiger charge is -2.10. The molecule has 0 saturated heterocycles. The normalized spacial score (nSPS) is 11.9. The summed E-state index contributed by atoms with van der Waals surface area (Å²) in [7, 11) is 0. The van der Waals surface area contributed by atoms with E-state index in [9.17, 15) is 22.4 Å². The van der Waals surface area contributed by atoms with Gasteiger partial charge in [-0.05, 0) is 6.92 Å². The zero-order valence-corrected chi connectivity index (χ0v) is 8.01. The van der Waals surface area contributed by atoms with Gasteiger partial charge >= 0.3 is 18.3 Å². The Morgan fingerprint density at radius 2 is 2.19 bits per heavy atom. The molecule has 0 bridgehead atoms. The van der Waals surface area contributed by atoms with Crippen LogP contribution in [0.5, 0.6) is 0 Å². The van der Waals surface area contributed by atoms with Crippen LogP contribution in [0.3, 0.4) is 0 Å². The van der Waals surface area contributed by atoms with Gasteiger partial charge in [-0.15, -0.1) is 5.10 Å². The highest BCUT2D eigenvalue weighted by Gasteiger charge is 2.46. The molecule has 1 N–H and O–H groups in total. The predicted octanol–water partition coefficient (Wildman–Crippen LogP) is 1.34. The molecule has 0 fully saturated rings. The fourth-order valence-corrected chi connectivity index (χ4v) is 0.801. The highest BCUT2D eigenvalue weighted by Crippen LogP contribution is 2.31. The number of carbonyl (C=O) groups excluding carboxylic acids is 1. The fraction of sp³-hybridized carbons (Fsp3) is 0.571. The number of nitrogens with one attached hydrogen (secondary N) is 1. The maximum Gasteiger partial charge on any atom is 0.378 e. The van der Waals surface area contributed by atoms with Crippen molar-refractivity contribution in [2.24, 2.45) is 0 Å². The van der Waals surface area contributed by atoms with Gasteiger partial charge in [0.2, 0.25) is 5.82 Å². The Hall–Kier alpha value is -1.67. The number of alkyl halides is 4. The van der Waals surface area contributed by atoms with E-state index in [4.69, 9.17) is 0 Å². The molecule has 0 aliphatic rings. The first kappa shape index (κ1) is 12.4. The lowest BCUT2D eigenvalue weighted by Crippen LogP contribution is -2.25. The molecule has 1 aromatic heterocycles. The second-order valence-corrected chi connectivity index (χ2v) is 2.65. The Morgan fingerprint density at radius 3 is 2.69 bits per heavy atom. The third-order valence-corrected chi connectivity index (χ3v) is 1.53. The first-order chi connectivity index (χ1) is 7.39. The zero-order chi connectivity index (χ0) is 12.3. The lowest BCUT2D eigenvalue weighted by molar-refractivity contribution is -0.140. The molecule has 0 unspecified atom stereocenters. The van der Waals surface area contributed by atoms with Gasteiger partial charge in [0.15, 0.2) is 0 Å². The molecular formula is C7H7F4N3O2. The summed E-state index contributed by atoms with van der Waals surface area (Å²) in [6, 6.07) is 0. The standard InChI is InChI=1S/C7H7F4N3O2/c1-2-16-4(15)3-12-6(14-13-3)7(10,11)5(8)9/h5H,2H2,1H3,(H,12,13,14). The Morgan fingerprint density at radius 1 is 1.56 bits per heavy atom. The predicted molar refractivity (Wildman–Crippen MR) is 42.2 cm³/mol. The third-order valence-electron chi connectivity index (χ3n) is 1.53. The van der Waals surface area contributed by atoms with Crippen molar-refractivity contribution in [2.45, 2.75) is 19.3 Å². The highest BCUT2D eigenvalue weighted by atomic mass is 19.3. The number of nitrogens with zero attached hydrogens (tertiary/aromatic N) is 2. The average molecular weight is 241 g/mol. The maximum atomic E-state index is 12.7. The molecule has 5 nitrogen and oxygen atoms in total. The molecule has 0 saturated carbocycles. The monoisotopic (exact) mass is 241 g/mol. The van der Waals surface area contributed by atoms with E-state index in [1.807, 2.05) is 0 Å². The number of halogens is 4. The summed E-state index contributed by atoms with van der Waals surface area (Å²) in [6.45, 7) is 1.48. The Balaban J connectivity index is 2.91. The van der Waals surface area contributed by atoms with E-state index in [1.54, 1.807) is 5.10 Å². The summed E-state index contributed by atoms with van der Waals surface area (Å²) < 4.78 is 53.6. The van der Waals surface area contributed by atoms with Crippen molar-refractivity contribution < 1.29 is 27.1 Å². The van der Waals surface area contributed by atoms with Crippen LogP contribution in [0.4, 0.5) is 17.6 Å². The molecule has 0 spiro atoms. The number of aromatic nitrogens is 3. The van der Waals surface area contributed by atoms with Gasteiger partial charge in [-0.2, -0.15) is 13.8 Å². The molecule has 1 heterocycles. The third kappa shape index (κ3) is 2.28. The first-order valence-electron chi connectivity index (χ1n) is 4.15. The Bertz CT molecular complexity index is 379. The van der Waals surface area contributed by atoms with Crippen molar-refractivity contribution in [3.63, 3.8) is 0 Å². The van der Waals surface area contributed by atoms with Gasteiger partial charge in [-0.3, -0.25) is 5.10 Å². The van der Waals surface area contributed by atoms with Gasteiger partial charge in [0.05, 0.1) is 6.61 Å². The van der Waals surface area contributed by atoms with E-state index in [1.165, 1.54) is 6.92 Å². The van der Waals surface area contributed by atoms with Crippen molar-refractivity contribution in [2.75, 3.05) is 6.61 Å². The summed E-state index contributed by atoms with van der Waals surface area (Å²) >= 11 is 0. The van der Waals surface area contributed by atoms with Crippen LogP contribution in [0.2, 0.25) is 0 Å². The van der Waals surface area contributed by atoms with Crippen LogP contribution in [-0.4, -0.2) is 34.2 Å². The van der Waals surface area contributed by atoms with Crippen LogP contribution < -0.4 is 0 Å². The number of ether oxygens (including phenoxy) is 1. The van der Waals surface area contributed by atoms with E-state index < -0.39 is 30.0 Å². The second-order valence-electron chi connectivity index (χ2n) is 2.65. The van der Waals surface area contributed by atoms with Crippen LogP contribution in [0.15, 0.2) is 0 Å². The number of H-pyrrole nitrogens is 1. The van der Waals surface area contributed by atoms with Gasteiger partial charge in [0.25, 0.3) is 5.82 Å². The quantitative estimate of drug-likeness (QED) is 0.638. The topological polar surface area (TPSA) is 67.9 Å². The number of rotatable bonds is 4. The minimum absolute atomic E-state index is 0.00601. The molecule has 0 atom stereocenters. The smallest absolute Gasteiger partial charge is 0.378 e. The summed E-state index contributed by atoms with van der Waals surface area (Å²) in [4.78, 5) is 13.9. The van der Waals surface area contributed by atoms with Gasteiger partial charge in [0, 0.05) is 0 Å². The second kappa shape index (κ2) is 4.45. The van der Waals surface area contributed by atoms with Crippen molar-refractivity contribution in [3.8, 4) is 0 Å². The molecule has 0 aliphatic carbocycles. The zero-order valence-electron chi connectivity index (χ0n) is 8.01. The molecule has 90 valence electrons. The average Bonchev–Trinajstić information content (AvgIpc) is 2.67. The van der Waals surface area contributed by atoms with E-state index in [0.717, 1.165) is 0 Å². The SMILES string of the molecule is CCOC(=O)c1n[nH]c(C(F)(F)C(F)F)n1. The largest absolute Gasteiger partial charge is 0.460 e. The highest BCUT2D eigenvalue weighted by molar-refractivity contribution is 5.84. The molecule has 0 radical (unpaired) electrons. The molecule has 0 amide bonds. The van der Waals surface area contributed by atoms with Crippen LogP contribution in [0.1, 0.15) is 23.4 Å². The Labute approximate surface area is 86.8 Å². The van der Waals surface area contributed by atoms with Gasteiger partial charge < -0.3 is 4.74 Å². The lowest BCUT2D eigenvalue weighted by atomic mass is 10.3. The summed E-state index contributed by atoms with van der Waals surface area (Å²) in [5.74, 6) is -7.62. The molecule has 0 aliphatic heterocycles. The number of esters is 1. The maximum absolute atomic E-state index is 12.7. The van der Waals surface area contributed by atoms with Crippen molar-refractivity contribution in [1.29, 1.82) is 0 Å². The summed E-state index contributed by atoms with van der Waals surface area (Å²) in [6.07, 6.45) is -3.93. The van der Waals surface area contributed by atoms with E-state index in [0.29, 0.717) is 0 Å². The van der Waals surface area contributed by atoms with Crippen LogP contribution in [0, 0.1) is 0 Å². The van der Waals surface area contributed by atoms with E-state index in [2.05, 4.69) is 14.8 Å². The number of aromatic amines is 1. The molecule has 1 aromatic rings. The minimum atomic E-state index is -4.47. The summed E-state index contributed by atoms with van der Waals surface area (Å²) in [5.41, 5.74) is 0. The van der Waals surface area contributed by atoms with E-state index in [-0.39, 0.29) is 6.61 Å². The molecule has 9 heteroatoms. The van der Waals surface area contributed by atoms with E-state index >= 15 is 0 Å². The molecule has 16 heavy (non-hydrogen) atoms. The first-order valence-corrected chi connectivity index (χ1v) is 4.15. The summed E-state index contributed by atoms with van der Waals surface area (Å²) in [5, 5.41) is 4.63. The van der Waals surface area contributed by atoms with Crippen molar-refractivity contribution in [3.05, 3.63) is 11.6 Å².